The number of nitrogens with zero attached hydrogens (tertiary/aromatic N) is 4. The maximum Gasteiger partial charge on any atom is 0.339 e. The van der Waals surface area contributed by atoms with Crippen LogP contribution in [-0.4, -0.2) is 47.6 Å². The van der Waals surface area contributed by atoms with Crippen molar-refractivity contribution in [1.82, 2.24) is 20.2 Å². The lowest BCUT2D eigenvalue weighted by Gasteiger charge is -2.22. The van der Waals surface area contributed by atoms with E-state index in [9.17, 15) is 10.1 Å². The third-order valence-corrected chi connectivity index (χ3v) is 8.62. The first-order chi connectivity index (χ1) is 24.3. The smallest absolute Gasteiger partial charge is 0.339 e. The van der Waals surface area contributed by atoms with Crippen molar-refractivity contribution in [3.05, 3.63) is 125 Å². The number of likely N-dealkylation sites (N-methyl/N-ethyl adjacent to an activating group) is 1. The van der Waals surface area contributed by atoms with Crippen LogP contribution in [0.4, 0.5) is 8.78 Å². The van der Waals surface area contributed by atoms with Gasteiger partial charge >= 0.3 is 5.97 Å². The predicted octanol–water partition coefficient (Wildman–Crippen LogP) is 7.65. The van der Waals surface area contributed by atoms with Gasteiger partial charge in [-0.3, -0.25) is 10.2 Å². The molecule has 3 heterocycles. The Morgan fingerprint density at radius 2 is 1.72 bits per heavy atom. The molecule has 0 radical (unpaired) electrons. The second-order valence-electron chi connectivity index (χ2n) is 11.0. The van der Waals surface area contributed by atoms with Crippen LogP contribution in [0.15, 0.2) is 101 Å². The van der Waals surface area contributed by atoms with Crippen LogP contribution in [0, 0.1) is 23.0 Å². The second-order valence-corrected chi connectivity index (χ2v) is 12.0. The topological polar surface area (TPSA) is 119 Å². The van der Waals surface area contributed by atoms with Crippen molar-refractivity contribution in [3.63, 3.8) is 0 Å². The van der Waals surface area contributed by atoms with Gasteiger partial charge in [0.05, 0.1) is 34.9 Å². The van der Waals surface area contributed by atoms with E-state index in [4.69, 9.17) is 18.9 Å². The average Bonchev–Trinajstić information content (AvgIpc) is 3.57. The Bertz CT molecular complexity index is 2030. The molecule has 1 N–H and O–H groups in total. The summed E-state index contributed by atoms with van der Waals surface area (Å²) >= 11 is 0.656. The number of benzene rings is 3. The van der Waals surface area contributed by atoms with E-state index in [1.165, 1.54) is 36.5 Å². The van der Waals surface area contributed by atoms with Gasteiger partial charge in [0.1, 0.15) is 17.4 Å². The van der Waals surface area contributed by atoms with Crippen LogP contribution in [0.5, 0.6) is 29.0 Å². The third-order valence-electron chi connectivity index (χ3n) is 7.61. The van der Waals surface area contributed by atoms with Crippen LogP contribution < -0.4 is 19.5 Å². The van der Waals surface area contributed by atoms with Gasteiger partial charge in [0.25, 0.3) is 11.8 Å². The zero-order valence-corrected chi connectivity index (χ0v) is 27.9. The van der Waals surface area contributed by atoms with Crippen LogP contribution in [-0.2, 0) is 11.3 Å². The first-order valence-electron chi connectivity index (χ1n) is 15.6. The molecule has 5 aromatic rings. The molecular formula is C37H31F2N5O5S. The van der Waals surface area contributed by atoms with Crippen LogP contribution in [0.1, 0.15) is 40.1 Å². The number of hydrogen-bond acceptors (Lipinski definition) is 11. The Morgan fingerprint density at radius 3 is 2.40 bits per heavy atom. The zero-order chi connectivity index (χ0) is 35.0. The minimum atomic E-state index is -1.14. The van der Waals surface area contributed by atoms with Crippen molar-refractivity contribution in [1.29, 1.82) is 5.26 Å². The van der Waals surface area contributed by atoms with Gasteiger partial charge in [0.15, 0.2) is 11.5 Å². The van der Waals surface area contributed by atoms with Crippen LogP contribution in [0.25, 0.3) is 0 Å². The van der Waals surface area contributed by atoms with Gasteiger partial charge in [-0.1, -0.05) is 60.3 Å². The van der Waals surface area contributed by atoms with Crippen molar-refractivity contribution >= 4 is 17.7 Å². The summed E-state index contributed by atoms with van der Waals surface area (Å²) in [5, 5.41) is 13.2. The number of pyridine rings is 2. The molecule has 1 fully saturated rings. The van der Waals surface area contributed by atoms with Crippen molar-refractivity contribution in [3.8, 4) is 35.1 Å². The number of ether oxygens (including phenoxy) is 4. The molecule has 0 saturated carbocycles. The van der Waals surface area contributed by atoms with E-state index in [0.29, 0.717) is 17.5 Å². The first kappa shape index (κ1) is 34.3. The fourth-order valence-electron chi connectivity index (χ4n) is 5.12. The summed E-state index contributed by atoms with van der Waals surface area (Å²) in [5.74, 6) is -3.50. The number of carbonyl (C=O) groups is 1. The minimum Gasteiger partial charge on any atom is -0.485 e. The standard InChI is InChI=1S/C37H31F2N5O5S/c1-3-46-37(45)25-14-16-30(42-21-25)50-33-31(38)35(48-27-12-8-7-11-26(27)34-41-17-18-44(34)2)43-36(32(33)39)49-29-19-24(20-40)13-15-28(29)47-22-23-9-5-4-6-10-23/h4-16,19,21,34,41H,3,17-18,22H2,1-2H3. The van der Waals surface area contributed by atoms with E-state index in [0.717, 1.165) is 24.2 Å². The minimum absolute atomic E-state index is 0.0195. The zero-order valence-electron chi connectivity index (χ0n) is 27.1. The van der Waals surface area contributed by atoms with Crippen LogP contribution in [0.3, 0.4) is 0 Å². The van der Waals surface area contributed by atoms with E-state index in [1.807, 2.05) is 55.6 Å². The highest BCUT2D eigenvalue weighted by Crippen LogP contribution is 2.43. The number of rotatable bonds is 12. The predicted molar refractivity (Wildman–Crippen MR) is 180 cm³/mol. The molecule has 50 heavy (non-hydrogen) atoms. The quantitative estimate of drug-likeness (QED) is 0.130. The molecule has 10 nitrogen and oxygen atoms in total. The SMILES string of the molecule is CCOC(=O)c1ccc(Sc2c(F)c(Oc3cc(C#N)ccc3OCc3ccccc3)nc(Oc3ccccc3C3NCCN3C)c2F)nc1. The van der Waals surface area contributed by atoms with Gasteiger partial charge in [0.2, 0.25) is 11.6 Å². The largest absolute Gasteiger partial charge is 0.485 e. The highest BCUT2D eigenvalue weighted by molar-refractivity contribution is 7.99. The van der Waals surface area contributed by atoms with Crippen LogP contribution in [0.2, 0.25) is 0 Å². The summed E-state index contributed by atoms with van der Waals surface area (Å²) in [6.07, 6.45) is 1.05. The summed E-state index contributed by atoms with van der Waals surface area (Å²) < 4.78 is 55.7. The summed E-state index contributed by atoms with van der Waals surface area (Å²) in [6, 6.07) is 25.8. The second kappa shape index (κ2) is 15.8. The van der Waals surface area contributed by atoms with Gasteiger partial charge in [-0.25, -0.2) is 9.78 Å². The van der Waals surface area contributed by atoms with Crippen molar-refractivity contribution in [2.45, 2.75) is 29.6 Å². The van der Waals surface area contributed by atoms with E-state index < -0.39 is 34.3 Å². The highest BCUT2D eigenvalue weighted by Gasteiger charge is 2.29. The molecule has 1 saturated heterocycles. The number of hydrogen-bond donors (Lipinski definition) is 1. The molecule has 3 aromatic carbocycles. The van der Waals surface area contributed by atoms with Gasteiger partial charge < -0.3 is 18.9 Å². The summed E-state index contributed by atoms with van der Waals surface area (Å²) in [5.41, 5.74) is 1.99. The first-order valence-corrected chi connectivity index (χ1v) is 16.5. The molecule has 1 aliphatic heterocycles. The third kappa shape index (κ3) is 7.84. The molecular weight excluding hydrogens is 664 g/mol. The van der Waals surface area contributed by atoms with Gasteiger partial charge in [-0.05, 0) is 49.9 Å². The number of aromatic nitrogens is 2. The molecule has 1 unspecified atom stereocenters. The maximum absolute atomic E-state index is 16.3. The fourth-order valence-corrected chi connectivity index (χ4v) is 5.92. The molecule has 0 amide bonds. The number of carbonyl (C=O) groups excluding carboxylic acids is 1. The Kier molecular flexibility index (Phi) is 10.8. The number of nitrogens with one attached hydrogen (secondary N) is 1. The molecule has 254 valence electrons. The van der Waals surface area contributed by atoms with E-state index in [-0.39, 0.29) is 47.0 Å². The van der Waals surface area contributed by atoms with Crippen molar-refractivity contribution in [2.24, 2.45) is 0 Å². The van der Waals surface area contributed by atoms with Gasteiger partial charge in [-0.2, -0.15) is 19.0 Å². The van der Waals surface area contributed by atoms with E-state index >= 15 is 8.78 Å². The molecule has 13 heteroatoms. The summed E-state index contributed by atoms with van der Waals surface area (Å²) in [7, 11) is 1.95. The van der Waals surface area contributed by atoms with Crippen molar-refractivity contribution in [2.75, 3.05) is 26.7 Å². The van der Waals surface area contributed by atoms with Gasteiger partial charge in [-0.15, -0.1) is 0 Å². The van der Waals surface area contributed by atoms with Gasteiger partial charge in [0, 0.05) is 30.9 Å². The van der Waals surface area contributed by atoms with E-state index in [1.54, 1.807) is 19.1 Å². The number of nitriles is 1. The lowest BCUT2D eigenvalue weighted by molar-refractivity contribution is 0.0525. The lowest BCUT2D eigenvalue weighted by Crippen LogP contribution is -2.24. The Morgan fingerprint density at radius 1 is 0.980 bits per heavy atom. The number of para-hydroxylation sites is 1. The Hall–Kier alpha value is -5.55. The Labute approximate surface area is 291 Å². The van der Waals surface area contributed by atoms with Crippen LogP contribution >= 0.6 is 11.8 Å². The highest BCUT2D eigenvalue weighted by atomic mass is 32.2. The number of halogens is 2. The van der Waals surface area contributed by atoms with Crippen molar-refractivity contribution < 1.29 is 32.5 Å². The molecule has 0 bridgehead atoms. The molecule has 6 rings (SSSR count). The molecule has 0 spiro atoms. The maximum atomic E-state index is 16.3. The molecule has 1 aliphatic rings. The average molecular weight is 696 g/mol. The fraction of sp³-hybridized carbons (Fsp3) is 0.189. The Balaban J connectivity index is 1.40. The lowest BCUT2D eigenvalue weighted by atomic mass is 10.1. The van der Waals surface area contributed by atoms with E-state index in [2.05, 4.69) is 20.2 Å². The monoisotopic (exact) mass is 695 g/mol. The molecule has 0 aliphatic carbocycles. The summed E-state index contributed by atoms with van der Waals surface area (Å²) in [6.45, 7) is 3.56. The molecule has 2 aromatic heterocycles. The number of esters is 1. The summed E-state index contributed by atoms with van der Waals surface area (Å²) in [4.78, 5) is 22.1. The molecule has 1 atom stereocenters. The normalized spacial score (nSPS) is 14.2.